The highest BCUT2D eigenvalue weighted by Crippen LogP contribution is 2.32. The van der Waals surface area contributed by atoms with Crippen molar-refractivity contribution in [2.24, 2.45) is 11.7 Å². The van der Waals surface area contributed by atoms with Gasteiger partial charge in [-0.15, -0.1) is 0 Å². The maximum absolute atomic E-state index is 10.4. The van der Waals surface area contributed by atoms with E-state index in [-0.39, 0.29) is 12.0 Å². The molecule has 0 aliphatic carbocycles. The summed E-state index contributed by atoms with van der Waals surface area (Å²) in [5.41, 5.74) is 5.02. The van der Waals surface area contributed by atoms with Crippen molar-refractivity contribution in [1.82, 2.24) is 0 Å². The van der Waals surface area contributed by atoms with Crippen LogP contribution >= 0.6 is 0 Å². The average molecular weight is 201 g/mol. The van der Waals surface area contributed by atoms with Gasteiger partial charge in [0.15, 0.2) is 0 Å². The van der Waals surface area contributed by atoms with E-state index in [1.165, 1.54) is 0 Å². The highest BCUT2D eigenvalue weighted by Gasteiger charge is 2.38. The first kappa shape index (κ1) is 12.0. The molecule has 0 aromatic rings. The predicted octanol–water partition coefficient (Wildman–Crippen LogP) is 1.29. The molecule has 0 saturated carbocycles. The van der Waals surface area contributed by atoms with Crippen LogP contribution in [0.1, 0.15) is 39.5 Å². The Morgan fingerprint density at radius 3 is 2.93 bits per heavy atom. The zero-order valence-electron chi connectivity index (χ0n) is 9.33. The van der Waals surface area contributed by atoms with E-state index in [2.05, 4.69) is 6.92 Å². The Balaban J connectivity index is 2.52. The van der Waals surface area contributed by atoms with Crippen LogP contribution in [0, 0.1) is 5.92 Å². The van der Waals surface area contributed by atoms with Crippen LogP contribution in [0.3, 0.4) is 0 Å². The molecule has 0 amide bonds. The molecule has 1 fully saturated rings. The van der Waals surface area contributed by atoms with Crippen molar-refractivity contribution < 1.29 is 9.84 Å². The molecule has 3 atom stereocenters. The van der Waals surface area contributed by atoms with Crippen LogP contribution in [0.2, 0.25) is 0 Å². The SMILES string of the molecule is CCCC1CC(O)(C(C)CN)CCO1. The molecule has 0 spiro atoms. The fourth-order valence-electron chi connectivity index (χ4n) is 2.13. The van der Waals surface area contributed by atoms with Gasteiger partial charge in [0.2, 0.25) is 0 Å². The second-order valence-corrected chi connectivity index (χ2v) is 4.48. The van der Waals surface area contributed by atoms with Crippen LogP contribution in [0.4, 0.5) is 0 Å². The molecule has 3 nitrogen and oxygen atoms in total. The molecule has 1 aliphatic heterocycles. The van der Waals surface area contributed by atoms with Crippen molar-refractivity contribution in [3.8, 4) is 0 Å². The highest BCUT2D eigenvalue weighted by atomic mass is 16.5. The van der Waals surface area contributed by atoms with Gasteiger partial charge >= 0.3 is 0 Å². The van der Waals surface area contributed by atoms with E-state index in [1.54, 1.807) is 0 Å². The maximum Gasteiger partial charge on any atom is 0.0731 e. The fraction of sp³-hybridized carbons (Fsp3) is 1.00. The molecule has 14 heavy (non-hydrogen) atoms. The minimum absolute atomic E-state index is 0.172. The summed E-state index contributed by atoms with van der Waals surface area (Å²) < 4.78 is 5.61. The van der Waals surface area contributed by atoms with Gasteiger partial charge < -0.3 is 15.6 Å². The summed E-state index contributed by atoms with van der Waals surface area (Å²) in [6, 6.07) is 0. The van der Waals surface area contributed by atoms with Gasteiger partial charge in [0, 0.05) is 13.0 Å². The standard InChI is InChI=1S/C11H23NO2/c1-3-4-10-7-11(13,5-6-14-10)9(2)8-12/h9-10,13H,3-8,12H2,1-2H3. The Labute approximate surface area is 86.6 Å². The molecular formula is C11H23NO2. The number of hydrogen-bond acceptors (Lipinski definition) is 3. The molecule has 3 N–H and O–H groups in total. The molecule has 3 unspecified atom stereocenters. The molecule has 1 heterocycles. The maximum atomic E-state index is 10.4. The van der Waals surface area contributed by atoms with Crippen molar-refractivity contribution in [3.63, 3.8) is 0 Å². The summed E-state index contributed by atoms with van der Waals surface area (Å²) in [6.07, 6.45) is 3.86. The van der Waals surface area contributed by atoms with E-state index in [1.807, 2.05) is 6.92 Å². The first-order valence-electron chi connectivity index (χ1n) is 5.66. The summed E-state index contributed by atoms with van der Waals surface area (Å²) in [7, 11) is 0. The molecule has 1 rings (SSSR count). The Kier molecular flexibility index (Phi) is 4.35. The van der Waals surface area contributed by atoms with Crippen LogP contribution in [0.25, 0.3) is 0 Å². The van der Waals surface area contributed by atoms with E-state index in [0.717, 1.165) is 25.7 Å². The van der Waals surface area contributed by atoms with Crippen molar-refractivity contribution >= 4 is 0 Å². The molecule has 0 bridgehead atoms. The van der Waals surface area contributed by atoms with Gasteiger partial charge in [-0.1, -0.05) is 20.3 Å². The molecular weight excluding hydrogens is 178 g/mol. The third kappa shape index (κ3) is 2.69. The van der Waals surface area contributed by atoms with Crippen LogP contribution in [0.15, 0.2) is 0 Å². The summed E-state index contributed by atoms with van der Waals surface area (Å²) >= 11 is 0. The van der Waals surface area contributed by atoms with Gasteiger partial charge in [-0.3, -0.25) is 0 Å². The predicted molar refractivity (Wildman–Crippen MR) is 57.1 cm³/mol. The lowest BCUT2D eigenvalue weighted by Crippen LogP contribution is -2.47. The van der Waals surface area contributed by atoms with Crippen LogP contribution < -0.4 is 5.73 Å². The topological polar surface area (TPSA) is 55.5 Å². The summed E-state index contributed by atoms with van der Waals surface area (Å²) in [6.45, 7) is 5.39. The average Bonchev–Trinajstić information content (AvgIpc) is 2.17. The smallest absolute Gasteiger partial charge is 0.0731 e. The van der Waals surface area contributed by atoms with Gasteiger partial charge in [-0.25, -0.2) is 0 Å². The Hall–Kier alpha value is -0.120. The largest absolute Gasteiger partial charge is 0.389 e. The van der Waals surface area contributed by atoms with Gasteiger partial charge in [-0.2, -0.15) is 0 Å². The lowest BCUT2D eigenvalue weighted by atomic mass is 9.79. The van der Waals surface area contributed by atoms with Crippen molar-refractivity contribution in [1.29, 1.82) is 0 Å². The van der Waals surface area contributed by atoms with E-state index in [9.17, 15) is 5.11 Å². The van der Waals surface area contributed by atoms with E-state index in [4.69, 9.17) is 10.5 Å². The summed E-state index contributed by atoms with van der Waals surface area (Å²) in [5.74, 6) is 0.172. The Morgan fingerprint density at radius 1 is 1.64 bits per heavy atom. The number of ether oxygens (including phenoxy) is 1. The minimum atomic E-state index is -0.590. The van der Waals surface area contributed by atoms with Gasteiger partial charge in [0.1, 0.15) is 0 Å². The van der Waals surface area contributed by atoms with Gasteiger partial charge in [0.25, 0.3) is 0 Å². The number of nitrogens with two attached hydrogens (primary N) is 1. The van der Waals surface area contributed by atoms with Gasteiger partial charge in [-0.05, 0) is 25.3 Å². The molecule has 1 saturated heterocycles. The van der Waals surface area contributed by atoms with Gasteiger partial charge in [0.05, 0.1) is 11.7 Å². The fourth-order valence-corrected chi connectivity index (χ4v) is 2.13. The van der Waals surface area contributed by atoms with E-state index < -0.39 is 5.60 Å². The number of rotatable bonds is 4. The zero-order chi connectivity index (χ0) is 10.6. The third-order valence-electron chi connectivity index (χ3n) is 3.35. The first-order valence-corrected chi connectivity index (χ1v) is 5.66. The monoisotopic (exact) mass is 201 g/mol. The summed E-state index contributed by atoms with van der Waals surface area (Å²) in [4.78, 5) is 0. The normalized spacial score (nSPS) is 35.6. The van der Waals surface area contributed by atoms with Crippen LogP contribution in [0.5, 0.6) is 0 Å². The molecule has 0 aromatic carbocycles. The van der Waals surface area contributed by atoms with Crippen molar-refractivity contribution in [3.05, 3.63) is 0 Å². The molecule has 0 radical (unpaired) electrons. The highest BCUT2D eigenvalue weighted by molar-refractivity contribution is 4.90. The summed E-state index contributed by atoms with van der Waals surface area (Å²) in [5, 5.41) is 10.4. The zero-order valence-corrected chi connectivity index (χ0v) is 9.33. The number of hydrogen-bond donors (Lipinski definition) is 2. The molecule has 1 aliphatic rings. The van der Waals surface area contributed by atoms with Crippen LogP contribution in [-0.4, -0.2) is 30.0 Å². The van der Waals surface area contributed by atoms with Crippen molar-refractivity contribution in [2.75, 3.05) is 13.2 Å². The quantitative estimate of drug-likeness (QED) is 0.720. The second-order valence-electron chi connectivity index (χ2n) is 4.48. The molecule has 84 valence electrons. The lowest BCUT2D eigenvalue weighted by Gasteiger charge is -2.40. The van der Waals surface area contributed by atoms with Crippen LogP contribution in [-0.2, 0) is 4.74 Å². The number of aliphatic hydroxyl groups is 1. The molecule has 0 aromatic heterocycles. The minimum Gasteiger partial charge on any atom is -0.389 e. The van der Waals surface area contributed by atoms with E-state index in [0.29, 0.717) is 13.2 Å². The van der Waals surface area contributed by atoms with E-state index >= 15 is 0 Å². The molecule has 3 heteroatoms. The lowest BCUT2D eigenvalue weighted by molar-refractivity contribution is -0.128. The third-order valence-corrected chi connectivity index (χ3v) is 3.35. The van der Waals surface area contributed by atoms with Crippen molar-refractivity contribution in [2.45, 2.75) is 51.2 Å². The second kappa shape index (κ2) is 5.10. The Morgan fingerprint density at radius 2 is 2.36 bits per heavy atom. The Bertz CT molecular complexity index is 173. The first-order chi connectivity index (χ1) is 6.62.